The van der Waals surface area contributed by atoms with Crippen LogP contribution in [0, 0.1) is 6.92 Å². The number of nitrogens with two attached hydrogens (primary N) is 1. The Morgan fingerprint density at radius 3 is 2.67 bits per heavy atom. The normalized spacial score (nSPS) is 10.6. The predicted octanol–water partition coefficient (Wildman–Crippen LogP) is 4.24. The van der Waals surface area contributed by atoms with Gasteiger partial charge in [0.15, 0.2) is 5.82 Å². The summed E-state index contributed by atoms with van der Waals surface area (Å²) in [6, 6.07) is 8.41. The first-order valence-corrected chi connectivity index (χ1v) is 10.3. The Kier molecular flexibility index (Phi) is 5.79. The largest absolute Gasteiger partial charge is 0.366 e. The Morgan fingerprint density at radius 2 is 2.04 bits per heavy atom. The average molecular weight is 419 g/mol. The van der Waals surface area contributed by atoms with Crippen LogP contribution >= 0.6 is 34.7 Å². The third-order valence-corrected chi connectivity index (χ3v) is 5.59. The number of carbonyl (C=O) groups is 2. The van der Waals surface area contributed by atoms with Crippen LogP contribution in [0.3, 0.4) is 0 Å². The zero-order chi connectivity index (χ0) is 19.6. The van der Waals surface area contributed by atoms with Crippen molar-refractivity contribution in [3.05, 3.63) is 57.6 Å². The van der Waals surface area contributed by atoms with Crippen LogP contribution in [0.25, 0.3) is 10.7 Å². The molecule has 0 aliphatic carbocycles. The van der Waals surface area contributed by atoms with Crippen molar-refractivity contribution in [1.29, 1.82) is 0 Å². The third kappa shape index (κ3) is 4.13. The molecule has 0 fully saturated rings. The molecule has 0 atom stereocenters. The zero-order valence-corrected chi connectivity index (χ0v) is 16.8. The van der Waals surface area contributed by atoms with Crippen molar-refractivity contribution in [1.82, 2.24) is 9.97 Å². The molecule has 0 bridgehead atoms. The van der Waals surface area contributed by atoms with E-state index in [0.717, 1.165) is 4.88 Å². The highest BCUT2D eigenvalue weighted by molar-refractivity contribution is 7.98. The van der Waals surface area contributed by atoms with Crippen molar-refractivity contribution in [2.24, 2.45) is 5.73 Å². The van der Waals surface area contributed by atoms with E-state index in [4.69, 9.17) is 17.3 Å². The molecule has 0 saturated heterocycles. The van der Waals surface area contributed by atoms with Gasteiger partial charge in [-0.25, -0.2) is 9.97 Å². The van der Waals surface area contributed by atoms with Crippen LogP contribution in [0.2, 0.25) is 5.02 Å². The third-order valence-electron chi connectivity index (χ3n) is 3.71. The summed E-state index contributed by atoms with van der Waals surface area (Å²) in [5.41, 5.74) is 6.80. The van der Waals surface area contributed by atoms with Gasteiger partial charge < -0.3 is 11.1 Å². The molecule has 0 aliphatic heterocycles. The topological polar surface area (TPSA) is 98.0 Å². The quantitative estimate of drug-likeness (QED) is 0.477. The highest BCUT2D eigenvalue weighted by atomic mass is 35.5. The van der Waals surface area contributed by atoms with Gasteiger partial charge in [0.2, 0.25) is 5.91 Å². The van der Waals surface area contributed by atoms with Crippen molar-refractivity contribution in [3.8, 4) is 10.7 Å². The average Bonchev–Trinajstić information content (AvgIpc) is 3.16. The van der Waals surface area contributed by atoms with Gasteiger partial charge in [0.1, 0.15) is 5.03 Å². The fourth-order valence-corrected chi connectivity index (χ4v) is 3.95. The molecular formula is C18H15ClN4O2S2. The van der Waals surface area contributed by atoms with Crippen LogP contribution in [0.5, 0.6) is 0 Å². The highest BCUT2D eigenvalue weighted by Crippen LogP contribution is 2.28. The number of benzene rings is 1. The Bertz CT molecular complexity index is 1020. The second-order valence-electron chi connectivity index (χ2n) is 5.51. The lowest BCUT2D eigenvalue weighted by Crippen LogP contribution is -2.18. The first kappa shape index (κ1) is 19.3. The number of thiophene rings is 1. The molecule has 1 aromatic carbocycles. The minimum Gasteiger partial charge on any atom is -0.366 e. The molecule has 0 saturated carbocycles. The van der Waals surface area contributed by atoms with Gasteiger partial charge in [-0.2, -0.15) is 0 Å². The maximum absolute atomic E-state index is 12.8. The number of primary amides is 1. The molecule has 27 heavy (non-hydrogen) atoms. The molecule has 0 unspecified atom stereocenters. The summed E-state index contributed by atoms with van der Waals surface area (Å²) in [5, 5.41) is 5.51. The van der Waals surface area contributed by atoms with E-state index >= 15 is 0 Å². The number of halogens is 1. The molecule has 3 rings (SSSR count). The van der Waals surface area contributed by atoms with Crippen molar-refractivity contribution in [3.63, 3.8) is 0 Å². The van der Waals surface area contributed by atoms with Crippen LogP contribution < -0.4 is 11.1 Å². The first-order valence-electron chi connectivity index (χ1n) is 7.78. The van der Waals surface area contributed by atoms with Gasteiger partial charge in [-0.05, 0) is 42.8 Å². The molecule has 3 N–H and O–H groups in total. The number of amides is 2. The number of anilines is 1. The number of thioether (sulfide) groups is 1. The number of nitrogens with zero attached hydrogens (tertiary/aromatic N) is 2. The molecule has 138 valence electrons. The van der Waals surface area contributed by atoms with Crippen LogP contribution in [0.4, 0.5) is 5.69 Å². The fourth-order valence-electron chi connectivity index (χ4n) is 2.46. The molecule has 0 spiro atoms. The predicted molar refractivity (Wildman–Crippen MR) is 110 cm³/mol. The molecule has 0 aliphatic rings. The molecule has 0 radical (unpaired) electrons. The molecule has 6 nitrogen and oxygen atoms in total. The monoisotopic (exact) mass is 418 g/mol. The Morgan fingerprint density at radius 1 is 1.26 bits per heavy atom. The Hall–Kier alpha value is -2.42. The van der Waals surface area contributed by atoms with Crippen LogP contribution in [0.15, 0.2) is 40.7 Å². The summed E-state index contributed by atoms with van der Waals surface area (Å²) in [6.07, 6.45) is 1.85. The number of aryl methyl sites for hydroxylation is 1. The SMILES string of the molecule is CSc1nc(-c2cccs2)nc(C)c1C(=O)Nc1ccc(Cl)c(C(N)=O)c1. The standard InChI is InChI=1S/C18H15ClN4O2S2/c1-9-14(18(26-2)23-16(21-9)13-4-3-7-27-13)17(25)22-10-5-6-12(19)11(8-10)15(20)24/h3-8H,1-2H3,(H2,20,24)(H,22,25). The van der Waals surface area contributed by atoms with Gasteiger partial charge in [-0.1, -0.05) is 17.7 Å². The number of nitrogens with one attached hydrogen (secondary N) is 1. The van der Waals surface area contributed by atoms with Crippen LogP contribution in [-0.4, -0.2) is 28.0 Å². The van der Waals surface area contributed by atoms with E-state index in [1.54, 1.807) is 13.0 Å². The van der Waals surface area contributed by atoms with Crippen molar-refractivity contribution >= 4 is 52.2 Å². The van der Waals surface area contributed by atoms with Gasteiger partial charge in [-0.3, -0.25) is 9.59 Å². The first-order chi connectivity index (χ1) is 12.9. The summed E-state index contributed by atoms with van der Waals surface area (Å²) in [7, 11) is 0. The number of carbonyl (C=O) groups excluding carboxylic acids is 2. The summed E-state index contributed by atoms with van der Waals surface area (Å²) in [4.78, 5) is 34.2. The van der Waals surface area contributed by atoms with Gasteiger partial charge in [0, 0.05) is 5.69 Å². The van der Waals surface area contributed by atoms with Gasteiger partial charge >= 0.3 is 0 Å². The van der Waals surface area contributed by atoms with Crippen LogP contribution in [0.1, 0.15) is 26.4 Å². The molecule has 2 heterocycles. The summed E-state index contributed by atoms with van der Waals surface area (Å²) < 4.78 is 0. The van der Waals surface area contributed by atoms with E-state index in [9.17, 15) is 9.59 Å². The number of rotatable bonds is 5. The van der Waals surface area contributed by atoms with Crippen molar-refractivity contribution in [2.75, 3.05) is 11.6 Å². The lowest BCUT2D eigenvalue weighted by molar-refractivity contribution is 0.0995. The van der Waals surface area contributed by atoms with Gasteiger partial charge in [-0.15, -0.1) is 23.1 Å². The van der Waals surface area contributed by atoms with Crippen molar-refractivity contribution < 1.29 is 9.59 Å². The zero-order valence-electron chi connectivity index (χ0n) is 14.4. The van der Waals surface area contributed by atoms with E-state index in [1.165, 1.54) is 35.2 Å². The van der Waals surface area contributed by atoms with E-state index in [-0.39, 0.29) is 16.5 Å². The minimum atomic E-state index is -0.666. The summed E-state index contributed by atoms with van der Waals surface area (Å²) in [6.45, 7) is 1.77. The molecule has 2 amide bonds. The summed E-state index contributed by atoms with van der Waals surface area (Å²) >= 11 is 8.85. The maximum atomic E-state index is 12.8. The second kappa shape index (κ2) is 8.08. The maximum Gasteiger partial charge on any atom is 0.260 e. The van der Waals surface area contributed by atoms with Crippen LogP contribution in [-0.2, 0) is 0 Å². The lowest BCUT2D eigenvalue weighted by atomic mass is 10.1. The van der Waals surface area contributed by atoms with Gasteiger partial charge in [0.05, 0.1) is 26.7 Å². The molecular weight excluding hydrogens is 404 g/mol. The van der Waals surface area contributed by atoms with E-state index < -0.39 is 5.91 Å². The van der Waals surface area contributed by atoms with Crippen molar-refractivity contribution in [2.45, 2.75) is 11.9 Å². The highest BCUT2D eigenvalue weighted by Gasteiger charge is 2.20. The number of hydrogen-bond acceptors (Lipinski definition) is 6. The fraction of sp³-hybridized carbons (Fsp3) is 0.111. The second-order valence-corrected chi connectivity index (χ2v) is 7.66. The van der Waals surface area contributed by atoms with E-state index in [2.05, 4.69) is 15.3 Å². The van der Waals surface area contributed by atoms with E-state index in [0.29, 0.717) is 27.8 Å². The molecule has 2 aromatic heterocycles. The number of hydrogen-bond donors (Lipinski definition) is 2. The lowest BCUT2D eigenvalue weighted by Gasteiger charge is -2.12. The Balaban J connectivity index is 1.95. The summed E-state index contributed by atoms with van der Waals surface area (Å²) in [5.74, 6) is -0.445. The van der Waals surface area contributed by atoms with E-state index in [1.807, 2.05) is 23.8 Å². The minimum absolute atomic E-state index is 0.139. The Labute approximate surface area is 169 Å². The smallest absolute Gasteiger partial charge is 0.260 e. The number of aromatic nitrogens is 2. The van der Waals surface area contributed by atoms with Gasteiger partial charge in [0.25, 0.3) is 5.91 Å². The molecule has 9 heteroatoms. The molecule has 3 aromatic rings.